The predicted molar refractivity (Wildman–Crippen MR) is 131 cm³/mol. The first-order valence-corrected chi connectivity index (χ1v) is 11.7. The van der Waals surface area contributed by atoms with Crippen LogP contribution in [0.4, 0.5) is 32.0 Å². The van der Waals surface area contributed by atoms with Gasteiger partial charge < -0.3 is 24.7 Å². The summed E-state index contributed by atoms with van der Waals surface area (Å²) >= 11 is 11.4. The molecular formula is C25H13Cl2F6N3O4. The Morgan fingerprint density at radius 2 is 1.20 bits per heavy atom. The van der Waals surface area contributed by atoms with Gasteiger partial charge in [0.1, 0.15) is 11.5 Å². The van der Waals surface area contributed by atoms with E-state index in [-0.39, 0.29) is 24.1 Å². The number of halogens is 8. The van der Waals surface area contributed by atoms with Gasteiger partial charge in [-0.1, -0.05) is 23.2 Å². The van der Waals surface area contributed by atoms with Crippen molar-refractivity contribution in [3.63, 3.8) is 0 Å². The summed E-state index contributed by atoms with van der Waals surface area (Å²) in [5.74, 6) is -0.883. The number of hydrogen-bond donors (Lipinski definition) is 1. The van der Waals surface area contributed by atoms with Gasteiger partial charge in [0.05, 0.1) is 21.2 Å². The summed E-state index contributed by atoms with van der Waals surface area (Å²) in [6.45, 7) is -0.0275. The molecule has 0 spiro atoms. The van der Waals surface area contributed by atoms with E-state index in [1.165, 1.54) is 6.07 Å². The summed E-state index contributed by atoms with van der Waals surface area (Å²) < 4.78 is 102. The summed E-state index contributed by atoms with van der Waals surface area (Å²) in [4.78, 5) is 8.40. The maximum Gasteiger partial charge on any atom is 0.417 e. The third kappa shape index (κ3) is 5.61. The highest BCUT2D eigenvalue weighted by Gasteiger charge is 2.35. The summed E-state index contributed by atoms with van der Waals surface area (Å²) in [6, 6.07) is 10.1. The van der Waals surface area contributed by atoms with E-state index < -0.39 is 51.0 Å². The molecule has 2 N–H and O–H groups in total. The summed E-state index contributed by atoms with van der Waals surface area (Å²) in [7, 11) is 0. The molecule has 0 saturated carbocycles. The number of benzene rings is 3. The Balaban J connectivity index is 1.60. The number of fused-ring (bicyclic) bond motifs is 1. The monoisotopic (exact) mass is 603 g/mol. The molecule has 0 unspecified atom stereocenters. The molecule has 3 aromatic carbocycles. The van der Waals surface area contributed by atoms with Gasteiger partial charge in [-0.25, -0.2) is 0 Å². The van der Waals surface area contributed by atoms with Crippen molar-refractivity contribution >= 4 is 28.9 Å². The minimum Gasteiger partial charge on any atom is -0.454 e. The molecule has 0 amide bonds. The Morgan fingerprint density at radius 1 is 0.700 bits per heavy atom. The van der Waals surface area contributed by atoms with Crippen LogP contribution in [0.5, 0.6) is 34.8 Å². The zero-order chi connectivity index (χ0) is 28.8. The molecule has 7 nitrogen and oxygen atoms in total. The molecule has 1 aliphatic rings. The van der Waals surface area contributed by atoms with E-state index in [0.29, 0.717) is 29.2 Å². The molecule has 15 heteroatoms. The molecule has 0 atom stereocenters. The molecule has 4 aromatic rings. The van der Waals surface area contributed by atoms with Crippen LogP contribution >= 0.6 is 23.2 Å². The van der Waals surface area contributed by atoms with Crippen LogP contribution in [0.3, 0.4) is 0 Å². The number of hydrogen-bond acceptors (Lipinski definition) is 7. The van der Waals surface area contributed by atoms with E-state index in [0.717, 1.165) is 24.3 Å². The van der Waals surface area contributed by atoms with Gasteiger partial charge in [-0.3, -0.25) is 0 Å². The fourth-order valence-electron chi connectivity index (χ4n) is 3.54. The molecule has 0 aliphatic carbocycles. The first kappa shape index (κ1) is 27.5. The number of ether oxygens (including phenoxy) is 4. The van der Waals surface area contributed by atoms with Crippen LogP contribution in [0, 0.1) is 0 Å². The minimum atomic E-state index is -4.79. The van der Waals surface area contributed by atoms with Gasteiger partial charge >= 0.3 is 12.4 Å². The number of aromatic nitrogens is 2. The van der Waals surface area contributed by atoms with Crippen molar-refractivity contribution in [1.29, 1.82) is 0 Å². The lowest BCUT2D eigenvalue weighted by Gasteiger charge is -2.16. The molecular weight excluding hydrogens is 591 g/mol. The van der Waals surface area contributed by atoms with Crippen LogP contribution in [0.1, 0.15) is 11.1 Å². The number of nitrogen functional groups attached to an aromatic ring is 1. The first-order chi connectivity index (χ1) is 18.8. The zero-order valence-corrected chi connectivity index (χ0v) is 21.0. The lowest BCUT2D eigenvalue weighted by atomic mass is 10.2. The van der Waals surface area contributed by atoms with Gasteiger partial charge in [0, 0.05) is 5.56 Å². The van der Waals surface area contributed by atoms with Crippen molar-refractivity contribution in [1.82, 2.24) is 9.97 Å². The number of rotatable bonds is 5. The quantitative estimate of drug-likeness (QED) is 0.229. The Labute approximate surface area is 231 Å². The topological polar surface area (TPSA) is 88.7 Å². The van der Waals surface area contributed by atoms with Gasteiger partial charge in [-0.2, -0.15) is 36.3 Å². The van der Waals surface area contributed by atoms with Crippen molar-refractivity contribution in [2.45, 2.75) is 12.4 Å². The average Bonchev–Trinajstić information content (AvgIpc) is 3.35. The van der Waals surface area contributed by atoms with E-state index in [1.54, 1.807) is 12.1 Å². The van der Waals surface area contributed by atoms with Crippen LogP contribution < -0.4 is 24.7 Å². The minimum absolute atomic E-state index is 0.0275. The van der Waals surface area contributed by atoms with E-state index in [9.17, 15) is 26.3 Å². The van der Waals surface area contributed by atoms with Crippen molar-refractivity contribution in [3.8, 4) is 46.1 Å². The van der Waals surface area contributed by atoms with E-state index >= 15 is 0 Å². The first-order valence-electron chi connectivity index (χ1n) is 11.0. The van der Waals surface area contributed by atoms with Crippen LogP contribution in [0.25, 0.3) is 11.4 Å². The maximum absolute atomic E-state index is 13.4. The van der Waals surface area contributed by atoms with Gasteiger partial charge in [0.15, 0.2) is 23.0 Å². The molecule has 0 bridgehead atoms. The lowest BCUT2D eigenvalue weighted by molar-refractivity contribution is -0.138. The SMILES string of the molecule is Nc1c(Oc2ccc(Cl)c(C(F)(F)F)c2)nc(-c2ccc3c(c2)OCO3)nc1Oc1ccc(Cl)c(C(F)(F)F)c1. The highest BCUT2D eigenvalue weighted by atomic mass is 35.5. The number of alkyl halides is 6. The fourth-order valence-corrected chi connectivity index (χ4v) is 3.99. The van der Waals surface area contributed by atoms with Gasteiger partial charge in [-0.05, 0) is 54.6 Å². The summed E-state index contributed by atoms with van der Waals surface area (Å²) in [5, 5.41) is -1.13. The maximum atomic E-state index is 13.4. The second kappa shape index (κ2) is 10.1. The summed E-state index contributed by atoms with van der Waals surface area (Å²) in [6.07, 6.45) is -9.57. The molecule has 5 rings (SSSR count). The van der Waals surface area contributed by atoms with Gasteiger partial charge in [0.2, 0.25) is 18.6 Å². The lowest BCUT2D eigenvalue weighted by Crippen LogP contribution is -2.07. The molecule has 2 heterocycles. The van der Waals surface area contributed by atoms with Crippen LogP contribution in [0.2, 0.25) is 10.0 Å². The smallest absolute Gasteiger partial charge is 0.417 e. The van der Waals surface area contributed by atoms with Crippen LogP contribution in [-0.4, -0.2) is 16.8 Å². The van der Waals surface area contributed by atoms with E-state index in [4.69, 9.17) is 47.9 Å². The Kier molecular flexibility index (Phi) is 6.96. The molecule has 0 radical (unpaired) electrons. The highest BCUT2D eigenvalue weighted by molar-refractivity contribution is 6.31. The van der Waals surface area contributed by atoms with Crippen molar-refractivity contribution < 1.29 is 45.3 Å². The van der Waals surface area contributed by atoms with Gasteiger partial charge in [0.25, 0.3) is 0 Å². The van der Waals surface area contributed by atoms with Crippen LogP contribution in [0.15, 0.2) is 54.6 Å². The normalized spacial score (nSPS) is 12.9. The largest absolute Gasteiger partial charge is 0.454 e. The third-order valence-electron chi connectivity index (χ3n) is 5.42. The van der Waals surface area contributed by atoms with Crippen molar-refractivity contribution in [2.24, 2.45) is 0 Å². The molecule has 1 aromatic heterocycles. The van der Waals surface area contributed by atoms with E-state index in [1.807, 2.05) is 0 Å². The van der Waals surface area contributed by atoms with Crippen molar-refractivity contribution in [3.05, 3.63) is 75.8 Å². The highest BCUT2D eigenvalue weighted by Crippen LogP contribution is 2.43. The average molecular weight is 604 g/mol. The zero-order valence-electron chi connectivity index (χ0n) is 19.5. The van der Waals surface area contributed by atoms with Crippen LogP contribution in [-0.2, 0) is 12.4 Å². The third-order valence-corrected chi connectivity index (χ3v) is 6.08. The Hall–Kier alpha value is -4.10. The number of nitrogens with zero attached hydrogens (tertiary/aromatic N) is 2. The molecule has 0 fully saturated rings. The number of nitrogens with two attached hydrogens (primary N) is 1. The summed E-state index contributed by atoms with van der Waals surface area (Å²) in [5.41, 5.74) is 3.66. The molecule has 40 heavy (non-hydrogen) atoms. The van der Waals surface area contributed by atoms with E-state index in [2.05, 4.69) is 9.97 Å². The predicted octanol–water partition coefficient (Wildman–Crippen LogP) is 8.38. The Morgan fingerprint density at radius 3 is 1.70 bits per heavy atom. The van der Waals surface area contributed by atoms with Gasteiger partial charge in [-0.15, -0.1) is 0 Å². The van der Waals surface area contributed by atoms with Crippen molar-refractivity contribution in [2.75, 3.05) is 12.5 Å². The fraction of sp³-hybridized carbons (Fsp3) is 0.120. The second-order valence-corrected chi connectivity index (χ2v) is 8.94. The molecule has 208 valence electrons. The molecule has 1 aliphatic heterocycles. The second-order valence-electron chi connectivity index (χ2n) is 8.12. The Bertz CT molecular complexity index is 1530. The standard InChI is InChI=1S/C25H13Cl2F6N3O4/c26-16-4-2-12(8-14(16)24(28,29)30)39-22-20(34)23(40-13-3-5-17(27)15(9-13)25(31,32)33)36-21(35-22)11-1-6-18-19(7-11)38-10-37-18/h1-9H,10,34H2. The number of anilines is 1. The molecule has 0 saturated heterocycles.